The van der Waals surface area contributed by atoms with Crippen LogP contribution in [0, 0.1) is 12.7 Å². The van der Waals surface area contributed by atoms with E-state index in [1.807, 2.05) is 0 Å². The standard InChI is InChI=1S/C9H6FNO3/c1-4-2-3-5-6(7(4)10)8(12)14-9(13)11-5/h2-3H,1H3,(H,11,13). The summed E-state index contributed by atoms with van der Waals surface area (Å²) in [7, 11) is 0. The van der Waals surface area contributed by atoms with Gasteiger partial charge in [-0.05, 0) is 18.6 Å². The predicted octanol–water partition coefficient (Wildman–Crippen LogP) is 0.929. The first-order chi connectivity index (χ1) is 6.59. The Morgan fingerprint density at radius 1 is 1.36 bits per heavy atom. The lowest BCUT2D eigenvalue weighted by molar-refractivity contribution is 0.456. The molecule has 2 aromatic rings. The summed E-state index contributed by atoms with van der Waals surface area (Å²) < 4.78 is 17.6. The van der Waals surface area contributed by atoms with Crippen LogP contribution >= 0.6 is 0 Å². The molecule has 1 N–H and O–H groups in total. The van der Waals surface area contributed by atoms with Crippen LogP contribution in [0.4, 0.5) is 4.39 Å². The Morgan fingerprint density at radius 3 is 2.79 bits per heavy atom. The van der Waals surface area contributed by atoms with Crippen molar-refractivity contribution in [1.82, 2.24) is 4.98 Å². The summed E-state index contributed by atoms with van der Waals surface area (Å²) in [4.78, 5) is 24.1. The highest BCUT2D eigenvalue weighted by Gasteiger charge is 2.10. The molecule has 0 aliphatic rings. The lowest BCUT2D eigenvalue weighted by Gasteiger charge is -1.99. The van der Waals surface area contributed by atoms with Crippen molar-refractivity contribution in [1.29, 1.82) is 0 Å². The molecule has 0 saturated carbocycles. The van der Waals surface area contributed by atoms with Crippen LogP contribution in [0.15, 0.2) is 26.1 Å². The number of aryl methyl sites for hydroxylation is 1. The van der Waals surface area contributed by atoms with Gasteiger partial charge in [0.2, 0.25) is 0 Å². The molecule has 14 heavy (non-hydrogen) atoms. The van der Waals surface area contributed by atoms with Crippen molar-refractivity contribution in [3.8, 4) is 0 Å². The van der Waals surface area contributed by atoms with Gasteiger partial charge in [0.25, 0.3) is 0 Å². The molecule has 0 bridgehead atoms. The average molecular weight is 195 g/mol. The maximum absolute atomic E-state index is 13.4. The molecule has 2 rings (SSSR count). The van der Waals surface area contributed by atoms with Crippen molar-refractivity contribution in [2.24, 2.45) is 0 Å². The van der Waals surface area contributed by atoms with E-state index in [0.29, 0.717) is 5.56 Å². The number of hydrogen-bond donors (Lipinski definition) is 1. The molecule has 0 fully saturated rings. The van der Waals surface area contributed by atoms with Gasteiger partial charge in [-0.1, -0.05) is 6.07 Å². The first-order valence-electron chi connectivity index (χ1n) is 3.92. The number of benzene rings is 1. The Bertz CT molecular complexity index is 611. The van der Waals surface area contributed by atoms with Gasteiger partial charge in [-0.3, -0.25) is 4.98 Å². The number of halogens is 1. The summed E-state index contributed by atoms with van der Waals surface area (Å²) in [6, 6.07) is 2.94. The second-order valence-electron chi connectivity index (χ2n) is 2.92. The minimum absolute atomic E-state index is 0.148. The summed E-state index contributed by atoms with van der Waals surface area (Å²) in [6.07, 6.45) is 0. The second-order valence-corrected chi connectivity index (χ2v) is 2.92. The minimum Gasteiger partial charge on any atom is -0.372 e. The van der Waals surface area contributed by atoms with Crippen LogP contribution in [0.1, 0.15) is 5.56 Å². The van der Waals surface area contributed by atoms with Gasteiger partial charge in [0.05, 0.1) is 5.52 Å². The largest absolute Gasteiger partial charge is 0.419 e. The summed E-state index contributed by atoms with van der Waals surface area (Å²) in [5, 5.41) is -0.218. The van der Waals surface area contributed by atoms with Crippen LogP contribution in [-0.4, -0.2) is 4.98 Å². The zero-order valence-electron chi connectivity index (χ0n) is 7.26. The molecule has 72 valence electrons. The average Bonchev–Trinajstić information content (AvgIpc) is 2.10. The second kappa shape index (κ2) is 2.80. The Hall–Kier alpha value is -1.91. The lowest BCUT2D eigenvalue weighted by Crippen LogP contribution is -2.15. The van der Waals surface area contributed by atoms with Crippen molar-refractivity contribution >= 4 is 10.9 Å². The maximum Gasteiger partial charge on any atom is 0.419 e. The molecule has 4 nitrogen and oxygen atoms in total. The summed E-state index contributed by atoms with van der Waals surface area (Å²) in [6.45, 7) is 1.53. The Balaban J connectivity index is 3.11. The fraction of sp³-hybridized carbons (Fsp3) is 0.111. The van der Waals surface area contributed by atoms with E-state index in [9.17, 15) is 14.0 Å². The van der Waals surface area contributed by atoms with Gasteiger partial charge in [-0.15, -0.1) is 0 Å². The number of H-pyrrole nitrogens is 1. The minimum atomic E-state index is -0.954. The van der Waals surface area contributed by atoms with Crippen molar-refractivity contribution < 1.29 is 8.81 Å². The molecule has 1 aromatic carbocycles. The third-order valence-corrected chi connectivity index (χ3v) is 1.96. The molecule has 0 saturated heterocycles. The predicted molar refractivity (Wildman–Crippen MR) is 47.8 cm³/mol. The van der Waals surface area contributed by atoms with E-state index in [1.165, 1.54) is 19.1 Å². The van der Waals surface area contributed by atoms with Crippen molar-refractivity contribution in [3.05, 3.63) is 44.5 Å². The topological polar surface area (TPSA) is 63.1 Å². The summed E-state index contributed by atoms with van der Waals surface area (Å²) in [5.74, 6) is -1.54. The van der Waals surface area contributed by atoms with E-state index in [-0.39, 0.29) is 10.9 Å². The first kappa shape index (κ1) is 8.68. The van der Waals surface area contributed by atoms with E-state index in [2.05, 4.69) is 9.40 Å². The molecular weight excluding hydrogens is 189 g/mol. The number of fused-ring (bicyclic) bond motifs is 1. The smallest absolute Gasteiger partial charge is 0.372 e. The van der Waals surface area contributed by atoms with Crippen LogP contribution in [0.25, 0.3) is 10.9 Å². The number of nitrogens with one attached hydrogen (secondary N) is 1. The molecule has 0 radical (unpaired) electrons. The van der Waals surface area contributed by atoms with Gasteiger partial charge < -0.3 is 4.42 Å². The molecule has 0 unspecified atom stereocenters. The van der Waals surface area contributed by atoms with Crippen LogP contribution in [0.2, 0.25) is 0 Å². The van der Waals surface area contributed by atoms with Gasteiger partial charge in [0, 0.05) is 0 Å². The highest BCUT2D eigenvalue weighted by atomic mass is 19.1. The fourth-order valence-electron chi connectivity index (χ4n) is 1.25. The van der Waals surface area contributed by atoms with Crippen LogP contribution in [0.5, 0.6) is 0 Å². The van der Waals surface area contributed by atoms with Gasteiger partial charge in [0.15, 0.2) is 0 Å². The van der Waals surface area contributed by atoms with E-state index < -0.39 is 17.2 Å². The molecule has 1 aromatic heterocycles. The Morgan fingerprint density at radius 2 is 2.07 bits per heavy atom. The SMILES string of the molecule is Cc1ccc2[nH]c(=O)oc(=O)c2c1F. The molecule has 0 aliphatic carbocycles. The zero-order valence-corrected chi connectivity index (χ0v) is 7.26. The van der Waals surface area contributed by atoms with Gasteiger partial charge in [-0.2, -0.15) is 0 Å². The van der Waals surface area contributed by atoms with E-state index >= 15 is 0 Å². The molecule has 0 amide bonds. The van der Waals surface area contributed by atoms with Crippen LogP contribution in [0.3, 0.4) is 0 Å². The number of rotatable bonds is 0. The zero-order chi connectivity index (χ0) is 10.3. The van der Waals surface area contributed by atoms with E-state index in [4.69, 9.17) is 0 Å². The fourth-order valence-corrected chi connectivity index (χ4v) is 1.25. The van der Waals surface area contributed by atoms with Crippen molar-refractivity contribution in [3.63, 3.8) is 0 Å². The maximum atomic E-state index is 13.4. The molecular formula is C9H6FNO3. The lowest BCUT2D eigenvalue weighted by atomic mass is 10.1. The van der Waals surface area contributed by atoms with E-state index in [1.54, 1.807) is 0 Å². The van der Waals surface area contributed by atoms with Crippen molar-refractivity contribution in [2.75, 3.05) is 0 Å². The first-order valence-corrected chi connectivity index (χ1v) is 3.92. The monoisotopic (exact) mass is 195 g/mol. The third-order valence-electron chi connectivity index (χ3n) is 1.96. The van der Waals surface area contributed by atoms with Crippen molar-refractivity contribution in [2.45, 2.75) is 6.92 Å². The molecule has 0 atom stereocenters. The molecule has 0 aliphatic heterocycles. The quantitative estimate of drug-likeness (QED) is 0.680. The summed E-state index contributed by atoms with van der Waals surface area (Å²) in [5.41, 5.74) is -0.476. The molecule has 0 spiro atoms. The number of aromatic amines is 1. The number of hydrogen-bond acceptors (Lipinski definition) is 3. The highest BCUT2D eigenvalue weighted by Crippen LogP contribution is 2.14. The Labute approximate surface area is 77.0 Å². The molecule has 5 heteroatoms. The van der Waals surface area contributed by atoms with E-state index in [0.717, 1.165) is 0 Å². The van der Waals surface area contributed by atoms with Crippen LogP contribution < -0.4 is 11.4 Å². The van der Waals surface area contributed by atoms with Crippen LogP contribution in [-0.2, 0) is 0 Å². The third kappa shape index (κ3) is 1.14. The molecule has 1 heterocycles. The van der Waals surface area contributed by atoms with Gasteiger partial charge in [0.1, 0.15) is 11.2 Å². The summed E-state index contributed by atoms with van der Waals surface area (Å²) >= 11 is 0. The van der Waals surface area contributed by atoms with Gasteiger partial charge in [-0.25, -0.2) is 14.0 Å². The number of aromatic nitrogens is 1. The van der Waals surface area contributed by atoms with Gasteiger partial charge >= 0.3 is 11.4 Å². The Kier molecular flexibility index (Phi) is 1.73. The highest BCUT2D eigenvalue weighted by molar-refractivity contribution is 5.78. The normalized spacial score (nSPS) is 10.7.